The van der Waals surface area contributed by atoms with Crippen LogP contribution in [-0.2, 0) is 11.2 Å². The summed E-state index contributed by atoms with van der Waals surface area (Å²) in [5.41, 5.74) is 7.25. The van der Waals surface area contributed by atoms with E-state index >= 15 is 0 Å². The van der Waals surface area contributed by atoms with Crippen molar-refractivity contribution in [1.82, 2.24) is 5.32 Å². The first kappa shape index (κ1) is 16.7. The van der Waals surface area contributed by atoms with E-state index in [1.54, 1.807) is 0 Å². The van der Waals surface area contributed by atoms with Crippen LogP contribution in [0.2, 0.25) is 0 Å². The van der Waals surface area contributed by atoms with Gasteiger partial charge < -0.3 is 11.1 Å². The number of benzene rings is 1. The van der Waals surface area contributed by atoms with Gasteiger partial charge in [0, 0.05) is 6.54 Å². The van der Waals surface area contributed by atoms with Gasteiger partial charge in [0.25, 0.3) is 0 Å². The number of nitrogens with one attached hydrogen (secondary N) is 1. The summed E-state index contributed by atoms with van der Waals surface area (Å²) in [6, 6.07) is 9.94. The molecule has 3 nitrogen and oxygen atoms in total. The lowest BCUT2D eigenvalue weighted by Gasteiger charge is -2.27. The predicted octanol–water partition coefficient (Wildman–Crippen LogP) is 2.74. The molecule has 0 bridgehead atoms. The van der Waals surface area contributed by atoms with Crippen molar-refractivity contribution >= 4 is 5.91 Å². The number of nitrogens with two attached hydrogens (primary N) is 1. The van der Waals surface area contributed by atoms with E-state index in [1.165, 1.54) is 5.56 Å². The van der Waals surface area contributed by atoms with Crippen LogP contribution in [0.1, 0.15) is 39.7 Å². The Morgan fingerprint density at radius 1 is 1.30 bits per heavy atom. The molecule has 1 aromatic rings. The quantitative estimate of drug-likeness (QED) is 0.804. The van der Waals surface area contributed by atoms with Gasteiger partial charge >= 0.3 is 0 Å². The van der Waals surface area contributed by atoms with Crippen LogP contribution in [0.5, 0.6) is 0 Å². The molecule has 3 N–H and O–H groups in total. The van der Waals surface area contributed by atoms with Gasteiger partial charge in [-0.2, -0.15) is 0 Å². The Kier molecular flexibility index (Phi) is 6.21. The molecule has 1 aromatic carbocycles. The van der Waals surface area contributed by atoms with Crippen LogP contribution < -0.4 is 11.1 Å². The molecule has 0 aromatic heterocycles. The number of hydrogen-bond acceptors (Lipinski definition) is 2. The van der Waals surface area contributed by atoms with Crippen molar-refractivity contribution in [2.45, 2.75) is 46.6 Å². The van der Waals surface area contributed by atoms with Crippen molar-refractivity contribution < 1.29 is 4.79 Å². The maximum Gasteiger partial charge on any atom is 0.237 e. The van der Waals surface area contributed by atoms with E-state index in [0.717, 1.165) is 12.8 Å². The molecule has 112 valence electrons. The Balaban J connectivity index is 2.49. The maximum absolute atomic E-state index is 12.0. The summed E-state index contributed by atoms with van der Waals surface area (Å²) in [4.78, 5) is 12.0. The predicted molar refractivity (Wildman–Crippen MR) is 84.4 cm³/mol. The molecule has 20 heavy (non-hydrogen) atoms. The summed E-state index contributed by atoms with van der Waals surface area (Å²) in [6.07, 6.45) is 1.86. The fourth-order valence-electron chi connectivity index (χ4n) is 2.17. The van der Waals surface area contributed by atoms with Gasteiger partial charge in [0.2, 0.25) is 5.91 Å². The highest BCUT2D eigenvalue weighted by molar-refractivity contribution is 5.81. The van der Waals surface area contributed by atoms with Gasteiger partial charge in [-0.3, -0.25) is 4.79 Å². The molecule has 2 unspecified atom stereocenters. The Hall–Kier alpha value is -1.35. The van der Waals surface area contributed by atoms with Crippen LogP contribution in [0, 0.1) is 11.3 Å². The van der Waals surface area contributed by atoms with E-state index in [0.29, 0.717) is 6.54 Å². The minimum Gasteiger partial charge on any atom is -0.354 e. The van der Waals surface area contributed by atoms with Gasteiger partial charge in [-0.15, -0.1) is 0 Å². The van der Waals surface area contributed by atoms with E-state index in [1.807, 2.05) is 25.1 Å². The number of carbonyl (C=O) groups is 1. The lowest BCUT2D eigenvalue weighted by atomic mass is 9.85. The second kappa shape index (κ2) is 7.44. The van der Waals surface area contributed by atoms with Crippen molar-refractivity contribution in [3.05, 3.63) is 35.9 Å². The van der Waals surface area contributed by atoms with Crippen LogP contribution in [-0.4, -0.2) is 18.5 Å². The number of rotatable bonds is 7. The van der Waals surface area contributed by atoms with Crippen molar-refractivity contribution in [2.75, 3.05) is 6.54 Å². The van der Waals surface area contributed by atoms with Crippen LogP contribution in [0.15, 0.2) is 30.3 Å². The summed E-state index contributed by atoms with van der Waals surface area (Å²) >= 11 is 0. The van der Waals surface area contributed by atoms with Crippen molar-refractivity contribution in [2.24, 2.45) is 17.1 Å². The topological polar surface area (TPSA) is 55.1 Å². The molecule has 0 saturated carbocycles. The summed E-state index contributed by atoms with van der Waals surface area (Å²) in [5, 5.41) is 2.99. The minimum atomic E-state index is -0.410. The highest BCUT2D eigenvalue weighted by Crippen LogP contribution is 2.20. The highest BCUT2D eigenvalue weighted by atomic mass is 16.2. The van der Waals surface area contributed by atoms with Crippen LogP contribution in [0.3, 0.4) is 0 Å². The molecule has 2 atom stereocenters. The maximum atomic E-state index is 12.0. The van der Waals surface area contributed by atoms with E-state index in [4.69, 9.17) is 5.73 Å². The Morgan fingerprint density at radius 3 is 2.45 bits per heavy atom. The van der Waals surface area contributed by atoms with Gasteiger partial charge in [0.05, 0.1) is 6.04 Å². The Labute approximate surface area is 122 Å². The third-order valence-corrected chi connectivity index (χ3v) is 3.83. The highest BCUT2D eigenvalue weighted by Gasteiger charge is 2.23. The fourth-order valence-corrected chi connectivity index (χ4v) is 2.17. The first-order valence-corrected chi connectivity index (χ1v) is 7.43. The lowest BCUT2D eigenvalue weighted by molar-refractivity contribution is -0.123. The van der Waals surface area contributed by atoms with Gasteiger partial charge in [0.15, 0.2) is 0 Å². The van der Waals surface area contributed by atoms with Gasteiger partial charge in [0.1, 0.15) is 0 Å². The van der Waals surface area contributed by atoms with Crippen LogP contribution >= 0.6 is 0 Å². The lowest BCUT2D eigenvalue weighted by Crippen LogP contribution is -2.47. The third kappa shape index (κ3) is 5.33. The molecular formula is C17H28N2O. The van der Waals surface area contributed by atoms with Crippen molar-refractivity contribution in [1.29, 1.82) is 0 Å². The summed E-state index contributed by atoms with van der Waals surface area (Å²) in [6.45, 7) is 9.03. The molecule has 1 rings (SSSR count). The first-order chi connectivity index (χ1) is 9.35. The zero-order valence-electron chi connectivity index (χ0n) is 13.1. The van der Waals surface area contributed by atoms with E-state index < -0.39 is 6.04 Å². The van der Waals surface area contributed by atoms with Crippen LogP contribution in [0.25, 0.3) is 0 Å². The van der Waals surface area contributed by atoms with Gasteiger partial charge in [-0.25, -0.2) is 0 Å². The zero-order valence-corrected chi connectivity index (χ0v) is 13.1. The van der Waals surface area contributed by atoms with Crippen LogP contribution in [0.4, 0.5) is 0 Å². The second-order valence-corrected chi connectivity index (χ2v) is 6.46. The molecule has 1 amide bonds. The molecule has 0 aliphatic carbocycles. The van der Waals surface area contributed by atoms with Gasteiger partial charge in [-0.1, -0.05) is 64.4 Å². The summed E-state index contributed by atoms with van der Waals surface area (Å²) in [7, 11) is 0. The van der Waals surface area contributed by atoms with Gasteiger partial charge in [-0.05, 0) is 23.3 Å². The first-order valence-electron chi connectivity index (χ1n) is 7.43. The van der Waals surface area contributed by atoms with E-state index in [2.05, 4.69) is 38.2 Å². The third-order valence-electron chi connectivity index (χ3n) is 3.83. The van der Waals surface area contributed by atoms with Crippen molar-refractivity contribution in [3.63, 3.8) is 0 Å². The molecule has 0 spiro atoms. The SMILES string of the molecule is CCC(C)C(N)C(=O)NCC(C)(C)Cc1ccccc1. The van der Waals surface area contributed by atoms with E-state index in [-0.39, 0.29) is 17.2 Å². The molecule has 0 aliphatic heterocycles. The molecule has 0 fully saturated rings. The van der Waals surface area contributed by atoms with E-state index in [9.17, 15) is 4.79 Å². The second-order valence-electron chi connectivity index (χ2n) is 6.46. The van der Waals surface area contributed by atoms with Crippen molar-refractivity contribution in [3.8, 4) is 0 Å². The molecular weight excluding hydrogens is 248 g/mol. The average Bonchev–Trinajstić information content (AvgIpc) is 2.43. The number of amides is 1. The molecule has 0 heterocycles. The molecule has 0 radical (unpaired) electrons. The number of carbonyl (C=O) groups excluding carboxylic acids is 1. The standard InChI is InChI=1S/C17H28N2O/c1-5-13(2)15(18)16(20)19-12-17(3,4)11-14-9-7-6-8-10-14/h6-10,13,15H,5,11-12,18H2,1-4H3,(H,19,20). The largest absolute Gasteiger partial charge is 0.354 e. The fraction of sp³-hybridized carbons (Fsp3) is 0.588. The smallest absolute Gasteiger partial charge is 0.237 e. The molecule has 3 heteroatoms. The summed E-state index contributed by atoms with van der Waals surface area (Å²) < 4.78 is 0. The normalized spacial score (nSPS) is 14.7. The monoisotopic (exact) mass is 276 g/mol. The zero-order chi connectivity index (χ0) is 15.2. The average molecular weight is 276 g/mol. The summed E-state index contributed by atoms with van der Waals surface area (Å²) in [5.74, 6) is 0.174. The Bertz CT molecular complexity index is 414. The molecule has 0 aliphatic rings. The number of hydrogen-bond donors (Lipinski definition) is 2. The molecule has 0 saturated heterocycles. The minimum absolute atomic E-state index is 0.0200. The Morgan fingerprint density at radius 2 is 1.90 bits per heavy atom.